The van der Waals surface area contributed by atoms with Gasteiger partial charge in [-0.05, 0) is 22.0 Å². The topological polar surface area (TPSA) is 83.1 Å². The Morgan fingerprint density at radius 1 is 1.33 bits per heavy atom. The summed E-state index contributed by atoms with van der Waals surface area (Å²) in [4.78, 5) is 26.6. The van der Waals surface area contributed by atoms with E-state index in [2.05, 4.69) is 36.9 Å². The van der Waals surface area contributed by atoms with E-state index in [4.69, 9.17) is 0 Å². The number of carbonyl (C=O) groups is 2. The van der Waals surface area contributed by atoms with Gasteiger partial charge in [0.1, 0.15) is 5.82 Å². The molecule has 7 heteroatoms. The molecular formula is C11H15BrN4O2. The predicted octanol–water partition coefficient (Wildman–Crippen LogP) is 0.752. The first-order chi connectivity index (χ1) is 8.54. The van der Waals surface area contributed by atoms with Gasteiger partial charge < -0.3 is 16.0 Å². The molecule has 0 saturated carbocycles. The van der Waals surface area contributed by atoms with Crippen LogP contribution in [0.15, 0.2) is 16.7 Å². The molecule has 1 aromatic rings. The third kappa shape index (κ3) is 4.33. The lowest BCUT2D eigenvalue weighted by Gasteiger charge is -2.09. The normalized spacial score (nSPS) is 9.72. The highest BCUT2D eigenvalue weighted by Crippen LogP contribution is 2.17. The van der Waals surface area contributed by atoms with Gasteiger partial charge in [-0.25, -0.2) is 4.98 Å². The zero-order chi connectivity index (χ0) is 13.5. The number of nitrogens with one attached hydrogen (secondary N) is 3. The van der Waals surface area contributed by atoms with Crippen LogP contribution in [0.4, 0.5) is 5.82 Å². The number of hydrogen-bond acceptors (Lipinski definition) is 4. The summed E-state index contributed by atoms with van der Waals surface area (Å²) in [5.41, 5.74) is 0.453. The molecule has 1 aromatic heterocycles. The molecule has 1 heterocycles. The van der Waals surface area contributed by atoms with E-state index in [0.29, 0.717) is 24.5 Å². The molecule has 0 radical (unpaired) electrons. The Morgan fingerprint density at radius 3 is 2.61 bits per heavy atom. The van der Waals surface area contributed by atoms with Crippen molar-refractivity contribution in [3.8, 4) is 0 Å². The van der Waals surface area contributed by atoms with Gasteiger partial charge in [0.25, 0.3) is 5.91 Å². The predicted molar refractivity (Wildman–Crippen MR) is 72.5 cm³/mol. The third-order valence-corrected chi connectivity index (χ3v) is 2.55. The summed E-state index contributed by atoms with van der Waals surface area (Å²) in [6.07, 6.45) is 1.61. The van der Waals surface area contributed by atoms with Crippen molar-refractivity contribution in [3.63, 3.8) is 0 Å². The molecule has 0 unspecified atom stereocenters. The molecule has 18 heavy (non-hydrogen) atoms. The number of hydrogen-bond donors (Lipinski definition) is 3. The molecule has 6 nitrogen and oxygen atoms in total. The van der Waals surface area contributed by atoms with Gasteiger partial charge in [0.15, 0.2) is 0 Å². The molecule has 1 rings (SSSR count). The number of carbonyl (C=O) groups excluding carboxylic acids is 2. The molecular weight excluding hydrogens is 300 g/mol. The van der Waals surface area contributed by atoms with Crippen LogP contribution >= 0.6 is 15.9 Å². The van der Waals surface area contributed by atoms with Crippen molar-refractivity contribution < 1.29 is 9.59 Å². The maximum atomic E-state index is 11.9. The Bertz CT molecular complexity index is 451. The average molecular weight is 315 g/mol. The number of amides is 2. The summed E-state index contributed by atoms with van der Waals surface area (Å²) in [5.74, 6) is 0.151. The van der Waals surface area contributed by atoms with Crippen LogP contribution in [0.2, 0.25) is 0 Å². The highest BCUT2D eigenvalue weighted by Gasteiger charge is 2.11. The lowest BCUT2D eigenvalue weighted by molar-refractivity contribution is -0.118. The van der Waals surface area contributed by atoms with Crippen molar-refractivity contribution in [1.29, 1.82) is 0 Å². The Morgan fingerprint density at radius 2 is 2.00 bits per heavy atom. The summed E-state index contributed by atoms with van der Waals surface area (Å²) in [6.45, 7) is 2.20. The molecule has 2 amide bonds. The minimum absolute atomic E-state index is 0.121. The zero-order valence-electron chi connectivity index (χ0n) is 10.2. The Hall–Kier alpha value is -1.63. The quantitative estimate of drug-likeness (QED) is 0.700. The van der Waals surface area contributed by atoms with Crippen LogP contribution in [-0.4, -0.2) is 36.9 Å². The zero-order valence-corrected chi connectivity index (χ0v) is 11.8. The van der Waals surface area contributed by atoms with E-state index >= 15 is 0 Å². The van der Waals surface area contributed by atoms with E-state index in [1.165, 1.54) is 6.92 Å². The minimum atomic E-state index is -0.237. The second-order valence-corrected chi connectivity index (χ2v) is 4.45. The highest BCUT2D eigenvalue weighted by atomic mass is 79.9. The molecule has 0 aromatic carbocycles. The lowest BCUT2D eigenvalue weighted by Crippen LogP contribution is -2.34. The molecule has 0 saturated heterocycles. The van der Waals surface area contributed by atoms with E-state index in [1.54, 1.807) is 19.3 Å². The molecule has 0 aliphatic rings. The van der Waals surface area contributed by atoms with Crippen LogP contribution in [0, 0.1) is 0 Å². The molecule has 98 valence electrons. The first-order valence-electron chi connectivity index (χ1n) is 5.40. The third-order valence-electron chi connectivity index (χ3n) is 2.12. The van der Waals surface area contributed by atoms with Crippen molar-refractivity contribution in [1.82, 2.24) is 15.6 Å². The highest BCUT2D eigenvalue weighted by molar-refractivity contribution is 9.10. The van der Waals surface area contributed by atoms with Crippen LogP contribution in [0.1, 0.15) is 17.3 Å². The van der Waals surface area contributed by atoms with E-state index in [0.717, 1.165) is 4.47 Å². The van der Waals surface area contributed by atoms with Crippen LogP contribution < -0.4 is 16.0 Å². The summed E-state index contributed by atoms with van der Waals surface area (Å²) < 4.78 is 0.730. The molecule has 0 aliphatic carbocycles. The van der Waals surface area contributed by atoms with Crippen molar-refractivity contribution in [2.24, 2.45) is 0 Å². The van der Waals surface area contributed by atoms with Crippen LogP contribution in [-0.2, 0) is 4.79 Å². The Kier molecular flexibility index (Phi) is 5.57. The Balaban J connectivity index is 2.60. The van der Waals surface area contributed by atoms with Crippen LogP contribution in [0.25, 0.3) is 0 Å². The van der Waals surface area contributed by atoms with E-state index in [-0.39, 0.29) is 11.8 Å². The fourth-order valence-corrected chi connectivity index (χ4v) is 1.65. The lowest BCUT2D eigenvalue weighted by atomic mass is 10.2. The number of aromatic nitrogens is 1. The number of rotatable bonds is 5. The first kappa shape index (κ1) is 14.4. The monoisotopic (exact) mass is 314 g/mol. The van der Waals surface area contributed by atoms with Crippen LogP contribution in [0.5, 0.6) is 0 Å². The molecule has 0 aliphatic heterocycles. The largest absolute Gasteiger partial charge is 0.372 e. The van der Waals surface area contributed by atoms with Gasteiger partial charge in [0.2, 0.25) is 5.91 Å². The summed E-state index contributed by atoms with van der Waals surface area (Å²) in [7, 11) is 1.70. The summed E-state index contributed by atoms with van der Waals surface area (Å²) in [5, 5.41) is 8.15. The van der Waals surface area contributed by atoms with Crippen molar-refractivity contribution in [2.75, 3.05) is 25.5 Å². The molecule has 0 atom stereocenters. The molecule has 0 spiro atoms. The smallest absolute Gasteiger partial charge is 0.255 e. The minimum Gasteiger partial charge on any atom is -0.372 e. The van der Waals surface area contributed by atoms with Crippen LogP contribution in [0.3, 0.4) is 0 Å². The number of pyridine rings is 1. The maximum absolute atomic E-state index is 11.9. The van der Waals surface area contributed by atoms with Gasteiger partial charge in [0, 0.05) is 37.7 Å². The van der Waals surface area contributed by atoms with Gasteiger partial charge in [0.05, 0.1) is 5.56 Å². The fourth-order valence-electron chi connectivity index (χ4n) is 1.32. The van der Waals surface area contributed by atoms with E-state index in [9.17, 15) is 9.59 Å². The number of nitrogens with zero attached hydrogens (tertiary/aromatic N) is 1. The second-order valence-electron chi connectivity index (χ2n) is 3.54. The fraction of sp³-hybridized carbons (Fsp3) is 0.364. The number of halogens is 1. The van der Waals surface area contributed by atoms with Crippen molar-refractivity contribution in [2.45, 2.75) is 6.92 Å². The van der Waals surface area contributed by atoms with Gasteiger partial charge in [-0.1, -0.05) is 0 Å². The van der Waals surface area contributed by atoms with E-state index in [1.807, 2.05) is 0 Å². The first-order valence-corrected chi connectivity index (χ1v) is 6.20. The van der Waals surface area contributed by atoms with Crippen molar-refractivity contribution >= 4 is 33.6 Å². The number of anilines is 1. The average Bonchev–Trinajstić information content (AvgIpc) is 2.34. The maximum Gasteiger partial charge on any atom is 0.255 e. The SMILES string of the molecule is CNc1ncc(Br)cc1C(=O)NCCNC(C)=O. The second kappa shape index (κ2) is 6.95. The summed E-state index contributed by atoms with van der Waals surface area (Å²) >= 11 is 3.27. The summed E-state index contributed by atoms with van der Waals surface area (Å²) in [6, 6.07) is 1.69. The molecule has 0 fully saturated rings. The Labute approximate surface area is 114 Å². The standard InChI is InChI=1S/C11H15BrN4O2/c1-7(17)14-3-4-15-11(18)9-5-8(12)6-16-10(9)13-2/h5-6H,3-4H2,1-2H3,(H,13,16)(H,14,17)(H,15,18). The molecule has 0 bridgehead atoms. The molecule has 3 N–H and O–H groups in total. The van der Waals surface area contributed by atoms with E-state index < -0.39 is 0 Å². The van der Waals surface area contributed by atoms with Gasteiger partial charge >= 0.3 is 0 Å². The van der Waals surface area contributed by atoms with Gasteiger partial charge in [-0.15, -0.1) is 0 Å². The van der Waals surface area contributed by atoms with Gasteiger partial charge in [-0.2, -0.15) is 0 Å². The van der Waals surface area contributed by atoms with Gasteiger partial charge in [-0.3, -0.25) is 9.59 Å². The van der Waals surface area contributed by atoms with Crippen molar-refractivity contribution in [3.05, 3.63) is 22.3 Å².